The molecule has 3 rings (SSSR count). The number of halogens is 3. The third-order valence-electron chi connectivity index (χ3n) is 5.14. The standard InChI is InChI=1S/C25H25Cl3N2/c1-17(29-2)25(19-6-4-3-5-7-19)30-24(22-14-13-21(27)16-23(22)28)15-10-18-8-11-20(26)12-9-18/h3-9,11-14,16,24-25,29-30H,1,10,15H2,2H3/t24-,25-/m0/s1. The molecule has 2 atom stereocenters. The number of nitrogens with one attached hydrogen (secondary N) is 2. The summed E-state index contributed by atoms with van der Waals surface area (Å²) in [6.07, 6.45) is 1.73. The smallest absolute Gasteiger partial charge is 0.0724 e. The van der Waals surface area contributed by atoms with Crippen LogP contribution in [0.3, 0.4) is 0 Å². The van der Waals surface area contributed by atoms with Crippen molar-refractivity contribution in [1.29, 1.82) is 0 Å². The van der Waals surface area contributed by atoms with E-state index in [1.54, 1.807) is 6.07 Å². The first-order valence-electron chi connectivity index (χ1n) is 9.85. The lowest BCUT2D eigenvalue weighted by Crippen LogP contribution is -2.31. The van der Waals surface area contributed by atoms with Crippen LogP contribution in [0.15, 0.2) is 85.1 Å². The van der Waals surface area contributed by atoms with Gasteiger partial charge in [0.15, 0.2) is 0 Å². The molecular formula is C25H25Cl3N2. The molecule has 0 unspecified atom stereocenters. The molecule has 0 saturated carbocycles. The first-order valence-corrected chi connectivity index (χ1v) is 11.0. The van der Waals surface area contributed by atoms with Crippen LogP contribution < -0.4 is 10.6 Å². The Morgan fingerprint density at radius 2 is 1.57 bits per heavy atom. The lowest BCUT2D eigenvalue weighted by Gasteiger charge is -2.29. The Bertz CT molecular complexity index is 971. The van der Waals surface area contributed by atoms with E-state index in [1.807, 2.05) is 49.5 Å². The predicted molar refractivity (Wildman–Crippen MR) is 129 cm³/mol. The molecule has 0 radical (unpaired) electrons. The fourth-order valence-electron chi connectivity index (χ4n) is 3.46. The summed E-state index contributed by atoms with van der Waals surface area (Å²) in [6, 6.07) is 23.8. The lowest BCUT2D eigenvalue weighted by molar-refractivity contribution is 0.446. The van der Waals surface area contributed by atoms with Crippen LogP contribution in [0.1, 0.15) is 35.2 Å². The molecule has 3 aromatic rings. The largest absolute Gasteiger partial charge is 0.390 e. The Kier molecular flexibility index (Phi) is 8.24. The van der Waals surface area contributed by atoms with E-state index in [-0.39, 0.29) is 12.1 Å². The highest BCUT2D eigenvalue weighted by Gasteiger charge is 2.22. The van der Waals surface area contributed by atoms with E-state index < -0.39 is 0 Å². The quantitative estimate of drug-likeness (QED) is 0.348. The molecule has 0 aliphatic heterocycles. The highest BCUT2D eigenvalue weighted by Crippen LogP contribution is 2.32. The van der Waals surface area contributed by atoms with Crippen molar-refractivity contribution >= 4 is 34.8 Å². The van der Waals surface area contributed by atoms with Crippen LogP contribution in [-0.4, -0.2) is 7.05 Å². The summed E-state index contributed by atoms with van der Waals surface area (Å²) in [5, 5.41) is 8.98. The summed E-state index contributed by atoms with van der Waals surface area (Å²) >= 11 is 18.8. The monoisotopic (exact) mass is 458 g/mol. The normalized spacial score (nSPS) is 12.9. The molecule has 0 saturated heterocycles. The molecule has 0 aromatic heterocycles. The number of benzene rings is 3. The molecule has 0 heterocycles. The molecule has 0 fully saturated rings. The zero-order valence-electron chi connectivity index (χ0n) is 16.8. The molecule has 0 aliphatic rings. The van der Waals surface area contributed by atoms with Crippen molar-refractivity contribution in [3.63, 3.8) is 0 Å². The number of aryl methyl sites for hydroxylation is 1. The topological polar surface area (TPSA) is 24.1 Å². The van der Waals surface area contributed by atoms with Gasteiger partial charge in [0.1, 0.15) is 0 Å². The van der Waals surface area contributed by atoms with Crippen LogP contribution in [0.5, 0.6) is 0 Å². The van der Waals surface area contributed by atoms with E-state index in [1.165, 1.54) is 5.56 Å². The van der Waals surface area contributed by atoms with Gasteiger partial charge in [-0.1, -0.05) is 89.9 Å². The second kappa shape index (κ2) is 10.9. The van der Waals surface area contributed by atoms with Gasteiger partial charge in [0, 0.05) is 33.9 Å². The SMILES string of the molecule is C=C(NC)[C@H](N[C@@H](CCc1ccc(Cl)cc1)c1ccc(Cl)cc1Cl)c1ccccc1. The van der Waals surface area contributed by atoms with Crippen molar-refractivity contribution in [3.05, 3.63) is 117 Å². The molecule has 0 aliphatic carbocycles. The van der Waals surface area contributed by atoms with E-state index in [0.717, 1.165) is 34.7 Å². The summed E-state index contributed by atoms with van der Waals surface area (Å²) in [4.78, 5) is 0. The predicted octanol–water partition coefficient (Wildman–Crippen LogP) is 7.38. The fourth-order valence-corrected chi connectivity index (χ4v) is 4.13. The fraction of sp³-hybridized carbons (Fsp3) is 0.200. The van der Waals surface area contributed by atoms with Crippen molar-refractivity contribution in [1.82, 2.24) is 10.6 Å². The van der Waals surface area contributed by atoms with Crippen LogP contribution >= 0.6 is 34.8 Å². The molecule has 0 amide bonds. The van der Waals surface area contributed by atoms with Crippen LogP contribution in [0, 0.1) is 0 Å². The van der Waals surface area contributed by atoms with Gasteiger partial charge >= 0.3 is 0 Å². The van der Waals surface area contributed by atoms with Gasteiger partial charge in [-0.15, -0.1) is 0 Å². The average molecular weight is 460 g/mol. The van der Waals surface area contributed by atoms with Crippen molar-refractivity contribution in [2.24, 2.45) is 0 Å². The number of hydrogen-bond donors (Lipinski definition) is 2. The minimum atomic E-state index is -0.0711. The third kappa shape index (κ3) is 6.02. The zero-order chi connectivity index (χ0) is 21.5. The Morgan fingerprint density at radius 1 is 0.900 bits per heavy atom. The maximum Gasteiger partial charge on any atom is 0.0724 e. The average Bonchev–Trinajstić information content (AvgIpc) is 2.76. The van der Waals surface area contributed by atoms with Gasteiger partial charge < -0.3 is 5.32 Å². The Morgan fingerprint density at radius 3 is 2.20 bits per heavy atom. The Labute approximate surface area is 193 Å². The lowest BCUT2D eigenvalue weighted by atomic mass is 9.95. The second-order valence-electron chi connectivity index (χ2n) is 7.17. The number of rotatable bonds is 9. The first kappa shape index (κ1) is 22.7. The van der Waals surface area contributed by atoms with E-state index in [0.29, 0.717) is 10.0 Å². The van der Waals surface area contributed by atoms with Gasteiger partial charge in [-0.3, -0.25) is 5.32 Å². The minimum Gasteiger partial charge on any atom is -0.390 e. The molecule has 3 aromatic carbocycles. The summed E-state index contributed by atoms with van der Waals surface area (Å²) in [7, 11) is 1.89. The zero-order valence-corrected chi connectivity index (χ0v) is 19.1. The van der Waals surface area contributed by atoms with E-state index >= 15 is 0 Å². The van der Waals surface area contributed by atoms with Crippen LogP contribution in [-0.2, 0) is 6.42 Å². The molecular weight excluding hydrogens is 435 g/mol. The van der Waals surface area contributed by atoms with Gasteiger partial charge in [0.25, 0.3) is 0 Å². The van der Waals surface area contributed by atoms with Crippen LogP contribution in [0.25, 0.3) is 0 Å². The molecule has 30 heavy (non-hydrogen) atoms. The summed E-state index contributed by atoms with van der Waals surface area (Å²) in [6.45, 7) is 4.22. The van der Waals surface area contributed by atoms with Gasteiger partial charge in [-0.25, -0.2) is 0 Å². The van der Waals surface area contributed by atoms with Crippen LogP contribution in [0.2, 0.25) is 15.1 Å². The molecule has 5 heteroatoms. The summed E-state index contributed by atoms with van der Waals surface area (Å²) in [5.41, 5.74) is 4.26. The van der Waals surface area contributed by atoms with E-state index in [2.05, 4.69) is 41.5 Å². The number of hydrogen-bond acceptors (Lipinski definition) is 2. The second-order valence-corrected chi connectivity index (χ2v) is 8.45. The molecule has 156 valence electrons. The maximum absolute atomic E-state index is 6.59. The number of likely N-dealkylation sites (N-methyl/N-ethyl adjacent to an activating group) is 1. The third-order valence-corrected chi connectivity index (χ3v) is 5.96. The van der Waals surface area contributed by atoms with Crippen LogP contribution in [0.4, 0.5) is 0 Å². The summed E-state index contributed by atoms with van der Waals surface area (Å²) in [5.74, 6) is 0. The Balaban J connectivity index is 1.90. The maximum atomic E-state index is 6.59. The van der Waals surface area contributed by atoms with Gasteiger partial charge in [-0.2, -0.15) is 0 Å². The van der Waals surface area contributed by atoms with Gasteiger partial charge in [-0.05, 0) is 53.8 Å². The van der Waals surface area contributed by atoms with Crippen molar-refractivity contribution in [3.8, 4) is 0 Å². The molecule has 2 N–H and O–H groups in total. The van der Waals surface area contributed by atoms with E-state index in [9.17, 15) is 0 Å². The highest BCUT2D eigenvalue weighted by molar-refractivity contribution is 6.35. The van der Waals surface area contributed by atoms with Gasteiger partial charge in [0.05, 0.1) is 6.04 Å². The Hall–Kier alpha value is -1.97. The van der Waals surface area contributed by atoms with Crippen molar-refractivity contribution < 1.29 is 0 Å². The van der Waals surface area contributed by atoms with Gasteiger partial charge in [0.2, 0.25) is 0 Å². The summed E-state index contributed by atoms with van der Waals surface area (Å²) < 4.78 is 0. The van der Waals surface area contributed by atoms with Crippen molar-refractivity contribution in [2.75, 3.05) is 7.05 Å². The molecule has 2 nitrogen and oxygen atoms in total. The molecule has 0 spiro atoms. The van der Waals surface area contributed by atoms with E-state index in [4.69, 9.17) is 34.8 Å². The van der Waals surface area contributed by atoms with Crippen molar-refractivity contribution in [2.45, 2.75) is 24.9 Å². The first-order chi connectivity index (χ1) is 14.5. The highest BCUT2D eigenvalue weighted by atomic mass is 35.5. The molecule has 0 bridgehead atoms. The minimum absolute atomic E-state index is 0.000695.